The average molecular weight is 397 g/mol. The predicted octanol–water partition coefficient (Wildman–Crippen LogP) is 1.73. The van der Waals surface area contributed by atoms with Crippen LogP contribution in [0.3, 0.4) is 0 Å². The van der Waals surface area contributed by atoms with Crippen LogP contribution in [0.15, 0.2) is 67.0 Å². The first-order chi connectivity index (χ1) is 14.0. The number of aliphatic hydroxyl groups is 1. The van der Waals surface area contributed by atoms with Gasteiger partial charge in [0, 0.05) is 24.6 Å². The van der Waals surface area contributed by atoms with E-state index in [9.17, 15) is 24.2 Å². The van der Waals surface area contributed by atoms with Gasteiger partial charge in [-0.1, -0.05) is 12.1 Å². The number of nitrogens with one attached hydrogen (secondary N) is 2. The maximum absolute atomic E-state index is 12.9. The summed E-state index contributed by atoms with van der Waals surface area (Å²) in [6.45, 7) is -0.515. The Morgan fingerprint density at radius 1 is 1.07 bits per heavy atom. The zero-order chi connectivity index (χ0) is 20.8. The summed E-state index contributed by atoms with van der Waals surface area (Å²) in [5, 5.41) is 24.5. The molecule has 4 N–H and O–H groups in total. The maximum Gasteiger partial charge on any atom is 0.255 e. The first-order valence-corrected chi connectivity index (χ1v) is 8.88. The molecule has 2 amide bonds. The van der Waals surface area contributed by atoms with Gasteiger partial charge in [0.25, 0.3) is 5.91 Å². The first kappa shape index (κ1) is 20.1. The van der Waals surface area contributed by atoms with Crippen LogP contribution >= 0.6 is 0 Å². The smallest absolute Gasteiger partial charge is 0.255 e. The molecule has 1 atom stereocenters. The molecule has 1 unspecified atom stereocenters. The molecule has 0 fully saturated rings. The van der Waals surface area contributed by atoms with Gasteiger partial charge in [0.05, 0.1) is 12.2 Å². The van der Waals surface area contributed by atoms with Crippen molar-refractivity contribution in [3.05, 3.63) is 83.9 Å². The molecule has 0 aliphatic rings. The molecule has 0 aliphatic carbocycles. The quantitative estimate of drug-likeness (QED) is 0.487. The van der Waals surface area contributed by atoms with E-state index in [0.29, 0.717) is 11.3 Å². The topological polar surface area (TPSA) is 104 Å². The average Bonchev–Trinajstić information content (AvgIpc) is 3.26. The van der Waals surface area contributed by atoms with Gasteiger partial charge in [0.2, 0.25) is 5.91 Å². The van der Waals surface area contributed by atoms with Crippen LogP contribution in [-0.4, -0.2) is 39.2 Å². The SMILES string of the molecule is O=C(NC(CO)C(=O)NCc1ccc(F)cc1)c1cc(-n2cccc2)ccc1O. The zero-order valence-corrected chi connectivity index (χ0v) is 15.4. The second-order valence-corrected chi connectivity index (χ2v) is 6.34. The molecule has 0 aliphatic heterocycles. The molecule has 8 heteroatoms. The van der Waals surface area contributed by atoms with Crippen LogP contribution in [0.1, 0.15) is 15.9 Å². The fourth-order valence-electron chi connectivity index (χ4n) is 2.72. The second-order valence-electron chi connectivity index (χ2n) is 6.34. The van der Waals surface area contributed by atoms with E-state index in [1.807, 2.05) is 12.1 Å². The van der Waals surface area contributed by atoms with Crippen molar-refractivity contribution in [1.29, 1.82) is 0 Å². The Labute approximate surface area is 166 Å². The maximum atomic E-state index is 12.9. The summed E-state index contributed by atoms with van der Waals surface area (Å²) >= 11 is 0. The normalized spacial score (nSPS) is 11.7. The minimum absolute atomic E-state index is 0.0269. The molecule has 0 radical (unpaired) electrons. The van der Waals surface area contributed by atoms with Crippen molar-refractivity contribution in [2.24, 2.45) is 0 Å². The molecule has 3 rings (SSSR count). The van der Waals surface area contributed by atoms with E-state index in [1.165, 1.54) is 36.4 Å². The minimum atomic E-state index is -1.21. The number of aliphatic hydroxyl groups excluding tert-OH is 1. The first-order valence-electron chi connectivity index (χ1n) is 8.88. The van der Waals surface area contributed by atoms with Gasteiger partial charge >= 0.3 is 0 Å². The van der Waals surface area contributed by atoms with Gasteiger partial charge in [0.1, 0.15) is 17.6 Å². The molecule has 0 saturated heterocycles. The summed E-state index contributed by atoms with van der Waals surface area (Å²) in [7, 11) is 0. The number of carbonyl (C=O) groups is 2. The van der Waals surface area contributed by atoms with Gasteiger partial charge in [-0.25, -0.2) is 4.39 Å². The van der Waals surface area contributed by atoms with E-state index >= 15 is 0 Å². The lowest BCUT2D eigenvalue weighted by molar-refractivity contribution is -0.124. The van der Waals surface area contributed by atoms with Crippen molar-refractivity contribution in [3.63, 3.8) is 0 Å². The fraction of sp³-hybridized carbons (Fsp3) is 0.143. The van der Waals surface area contributed by atoms with E-state index < -0.39 is 24.5 Å². The zero-order valence-electron chi connectivity index (χ0n) is 15.4. The Morgan fingerprint density at radius 3 is 2.41 bits per heavy atom. The van der Waals surface area contributed by atoms with Gasteiger partial charge in [-0.15, -0.1) is 0 Å². The molecule has 1 heterocycles. The molecule has 7 nitrogen and oxygen atoms in total. The highest BCUT2D eigenvalue weighted by Crippen LogP contribution is 2.21. The number of benzene rings is 2. The van der Waals surface area contributed by atoms with Gasteiger partial charge < -0.3 is 25.4 Å². The van der Waals surface area contributed by atoms with E-state index in [2.05, 4.69) is 10.6 Å². The molecule has 29 heavy (non-hydrogen) atoms. The van der Waals surface area contributed by atoms with Crippen molar-refractivity contribution in [3.8, 4) is 11.4 Å². The largest absolute Gasteiger partial charge is 0.507 e. The number of halogens is 1. The predicted molar refractivity (Wildman–Crippen MR) is 104 cm³/mol. The number of amides is 2. The highest BCUT2D eigenvalue weighted by Gasteiger charge is 2.22. The third-order valence-corrected chi connectivity index (χ3v) is 4.31. The summed E-state index contributed by atoms with van der Waals surface area (Å²) < 4.78 is 14.7. The Kier molecular flexibility index (Phi) is 6.25. The molecule has 150 valence electrons. The number of nitrogens with zero attached hydrogens (tertiary/aromatic N) is 1. The van der Waals surface area contributed by atoms with Crippen LogP contribution < -0.4 is 10.6 Å². The summed E-state index contributed by atoms with van der Waals surface area (Å²) in [4.78, 5) is 24.9. The Balaban J connectivity index is 1.66. The summed E-state index contributed by atoms with van der Waals surface area (Å²) in [5.74, 6) is -1.94. The third-order valence-electron chi connectivity index (χ3n) is 4.31. The number of hydrogen-bond acceptors (Lipinski definition) is 4. The highest BCUT2D eigenvalue weighted by molar-refractivity contribution is 6.00. The van der Waals surface area contributed by atoms with Crippen LogP contribution in [0.4, 0.5) is 4.39 Å². The number of carbonyl (C=O) groups excluding carboxylic acids is 2. The van der Waals surface area contributed by atoms with Crippen LogP contribution in [-0.2, 0) is 11.3 Å². The standard InChI is InChI=1S/C21H20FN3O4/c22-15-5-3-14(4-6-15)12-23-21(29)18(13-26)24-20(28)17-11-16(7-8-19(17)27)25-9-1-2-10-25/h1-11,18,26-27H,12-13H2,(H,23,29)(H,24,28). The van der Waals surface area contributed by atoms with E-state index in [0.717, 1.165) is 0 Å². The lowest BCUT2D eigenvalue weighted by Gasteiger charge is -2.17. The molecule has 0 spiro atoms. The van der Waals surface area contributed by atoms with Crippen molar-refractivity contribution < 1.29 is 24.2 Å². The number of phenols is 1. The molecule has 3 aromatic rings. The monoisotopic (exact) mass is 397 g/mol. The number of rotatable bonds is 7. The third kappa shape index (κ3) is 4.99. The van der Waals surface area contributed by atoms with Gasteiger partial charge in [-0.2, -0.15) is 0 Å². The molecular weight excluding hydrogens is 377 g/mol. The van der Waals surface area contributed by atoms with E-state index in [-0.39, 0.29) is 23.7 Å². The Hall–Kier alpha value is -3.65. The molecular formula is C21H20FN3O4. The highest BCUT2D eigenvalue weighted by atomic mass is 19.1. The van der Waals surface area contributed by atoms with Gasteiger partial charge in [0.15, 0.2) is 0 Å². The van der Waals surface area contributed by atoms with E-state index in [4.69, 9.17) is 0 Å². The van der Waals surface area contributed by atoms with Crippen molar-refractivity contribution in [1.82, 2.24) is 15.2 Å². The van der Waals surface area contributed by atoms with Gasteiger partial charge in [-0.05, 0) is 48.0 Å². The number of phenolic OH excluding ortho intramolecular Hbond substituents is 1. The van der Waals surface area contributed by atoms with E-state index in [1.54, 1.807) is 23.0 Å². The van der Waals surface area contributed by atoms with Crippen LogP contribution in [0.5, 0.6) is 5.75 Å². The van der Waals surface area contributed by atoms with Crippen molar-refractivity contribution in [2.45, 2.75) is 12.6 Å². The Morgan fingerprint density at radius 2 is 1.76 bits per heavy atom. The van der Waals surface area contributed by atoms with Gasteiger partial charge in [-0.3, -0.25) is 9.59 Å². The molecule has 2 aromatic carbocycles. The molecule has 0 saturated carbocycles. The number of aromatic nitrogens is 1. The molecule has 0 bridgehead atoms. The molecule has 1 aromatic heterocycles. The Bertz CT molecular complexity index is 988. The second kappa shape index (κ2) is 9.03. The van der Waals surface area contributed by atoms with Crippen LogP contribution in [0.25, 0.3) is 5.69 Å². The summed E-state index contributed by atoms with van der Waals surface area (Å²) in [6.07, 6.45) is 3.57. The lowest BCUT2D eigenvalue weighted by Crippen LogP contribution is -2.48. The lowest BCUT2D eigenvalue weighted by atomic mass is 10.1. The fourth-order valence-corrected chi connectivity index (χ4v) is 2.72. The number of aromatic hydroxyl groups is 1. The van der Waals surface area contributed by atoms with Crippen molar-refractivity contribution in [2.75, 3.05) is 6.61 Å². The summed E-state index contributed by atoms with van der Waals surface area (Å²) in [6, 6.07) is 12.5. The van der Waals surface area contributed by atoms with Crippen LogP contribution in [0.2, 0.25) is 0 Å². The number of hydrogen-bond donors (Lipinski definition) is 4. The van der Waals surface area contributed by atoms with Crippen molar-refractivity contribution >= 4 is 11.8 Å². The summed E-state index contributed by atoms with van der Waals surface area (Å²) in [5.41, 5.74) is 1.29. The minimum Gasteiger partial charge on any atom is -0.507 e. The van der Waals surface area contributed by atoms with Crippen LogP contribution in [0, 0.1) is 5.82 Å².